The van der Waals surface area contributed by atoms with Crippen LogP contribution < -0.4 is 20.4 Å². The van der Waals surface area contributed by atoms with Gasteiger partial charge in [-0.25, -0.2) is 4.79 Å². The first-order valence-corrected chi connectivity index (χ1v) is 6.85. The van der Waals surface area contributed by atoms with Crippen molar-refractivity contribution in [3.05, 3.63) is 70.7 Å². The van der Waals surface area contributed by atoms with Gasteiger partial charge in [-0.15, -0.1) is 0 Å². The molecule has 1 aromatic heterocycles. The molecule has 0 saturated carbocycles. The van der Waals surface area contributed by atoms with Crippen LogP contribution in [0.15, 0.2) is 63.9 Å². The summed E-state index contributed by atoms with van der Waals surface area (Å²) in [4.78, 5) is 23.5. The van der Waals surface area contributed by atoms with Crippen LogP contribution in [0.2, 0.25) is 0 Å². The largest absolute Gasteiger partial charge is 0.457 e. The molecule has 0 aliphatic carbocycles. The summed E-state index contributed by atoms with van der Waals surface area (Å²) in [6, 6.07) is 16.2. The number of nitrogens with zero attached hydrogens (tertiary/aromatic N) is 1. The molecule has 23 heavy (non-hydrogen) atoms. The molecular weight excluding hydrogens is 298 g/mol. The van der Waals surface area contributed by atoms with Gasteiger partial charge in [-0.1, -0.05) is 22.9 Å². The first-order valence-electron chi connectivity index (χ1n) is 6.85. The van der Waals surface area contributed by atoms with Gasteiger partial charge in [0.1, 0.15) is 11.5 Å². The van der Waals surface area contributed by atoms with Crippen molar-refractivity contribution in [1.82, 2.24) is 5.27 Å². The van der Waals surface area contributed by atoms with E-state index in [2.05, 4.69) is 15.1 Å². The predicted octanol–water partition coefficient (Wildman–Crippen LogP) is 1.84. The quantitative estimate of drug-likeness (QED) is 0.719. The number of amides is 1. The lowest BCUT2D eigenvalue weighted by Crippen LogP contribution is -2.41. The molecule has 0 bridgehead atoms. The lowest BCUT2D eigenvalue weighted by Gasteiger charge is -2.06. The number of aryl methyl sites for hydroxylation is 1. The number of para-hydroxylation sites is 1. The number of H-pyrrole nitrogens is 1. The average Bonchev–Trinajstić information content (AvgIpc) is 2.89. The third kappa shape index (κ3) is 3.29. The maximum atomic E-state index is 12.0. The third-order valence-corrected chi connectivity index (χ3v) is 3.11. The highest BCUT2D eigenvalue weighted by Gasteiger charge is 2.26. The van der Waals surface area contributed by atoms with E-state index in [0.29, 0.717) is 11.4 Å². The van der Waals surface area contributed by atoms with Crippen LogP contribution in [0.3, 0.4) is 0 Å². The van der Waals surface area contributed by atoms with Gasteiger partial charge in [0.15, 0.2) is 7.05 Å². The average molecular weight is 312 g/mol. The normalized spacial score (nSPS) is 10.3. The van der Waals surface area contributed by atoms with Crippen molar-refractivity contribution in [1.29, 1.82) is 0 Å². The summed E-state index contributed by atoms with van der Waals surface area (Å²) >= 11 is 0. The maximum Gasteiger partial charge on any atom is 0.440 e. The summed E-state index contributed by atoms with van der Waals surface area (Å²) in [7, 11) is 1.51. The molecular formula is C16H14N3O4+. The Morgan fingerprint density at radius 1 is 1.09 bits per heavy atom. The number of nitrogens with one attached hydrogen (secondary N) is 2. The molecule has 3 rings (SSSR count). The van der Waals surface area contributed by atoms with Crippen molar-refractivity contribution in [2.75, 3.05) is 5.32 Å². The van der Waals surface area contributed by atoms with Crippen LogP contribution in [0.4, 0.5) is 5.69 Å². The molecule has 3 aromatic rings. The van der Waals surface area contributed by atoms with Crippen LogP contribution in [0.5, 0.6) is 11.5 Å². The van der Waals surface area contributed by atoms with Gasteiger partial charge in [0.05, 0.1) is 0 Å². The smallest absolute Gasteiger partial charge is 0.440 e. The van der Waals surface area contributed by atoms with Crippen LogP contribution in [-0.2, 0) is 7.05 Å². The predicted molar refractivity (Wildman–Crippen MR) is 81.4 cm³/mol. The lowest BCUT2D eigenvalue weighted by molar-refractivity contribution is -0.741. The minimum atomic E-state index is -0.728. The highest BCUT2D eigenvalue weighted by molar-refractivity contribution is 6.01. The molecule has 0 spiro atoms. The number of rotatable bonds is 4. The highest BCUT2D eigenvalue weighted by atomic mass is 16.5. The standard InChI is InChI=1S/C16H13N3O4/c1-19-14(16(21)23-18-19)15(20)17-11-7-9-13(10-8-11)22-12-5-3-2-4-6-12/h2-10H,1H3,(H-,17,18,20,21)/p+1. The van der Waals surface area contributed by atoms with Crippen LogP contribution >= 0.6 is 0 Å². The minimum absolute atomic E-state index is 0.116. The van der Waals surface area contributed by atoms with Gasteiger partial charge in [0.2, 0.25) is 0 Å². The molecule has 7 heteroatoms. The number of anilines is 1. The summed E-state index contributed by atoms with van der Waals surface area (Å²) in [5, 5.41) is 4.91. The van der Waals surface area contributed by atoms with Crippen molar-refractivity contribution < 1.29 is 18.7 Å². The van der Waals surface area contributed by atoms with Crippen molar-refractivity contribution in [3.8, 4) is 11.5 Å². The molecule has 0 aliphatic heterocycles. The fourth-order valence-corrected chi connectivity index (χ4v) is 2.01. The van der Waals surface area contributed by atoms with Crippen molar-refractivity contribution >= 4 is 11.6 Å². The Morgan fingerprint density at radius 3 is 2.35 bits per heavy atom. The highest BCUT2D eigenvalue weighted by Crippen LogP contribution is 2.22. The molecule has 1 amide bonds. The van der Waals surface area contributed by atoms with Gasteiger partial charge in [-0.05, 0) is 41.7 Å². The first kappa shape index (κ1) is 14.6. The number of carbonyl (C=O) groups excluding carboxylic acids is 1. The van der Waals surface area contributed by atoms with Crippen LogP contribution in [0.25, 0.3) is 0 Å². The molecule has 116 valence electrons. The molecule has 0 saturated heterocycles. The van der Waals surface area contributed by atoms with E-state index in [1.165, 1.54) is 11.7 Å². The van der Waals surface area contributed by atoms with Crippen LogP contribution in [0.1, 0.15) is 10.5 Å². The molecule has 0 unspecified atom stereocenters. The minimum Gasteiger partial charge on any atom is -0.457 e. The fraction of sp³-hybridized carbons (Fsp3) is 0.0625. The Bertz CT molecular complexity index is 866. The van der Waals surface area contributed by atoms with Gasteiger partial charge in [-0.3, -0.25) is 9.32 Å². The Kier molecular flexibility index (Phi) is 3.92. The van der Waals surface area contributed by atoms with E-state index in [-0.39, 0.29) is 5.69 Å². The first-order chi connectivity index (χ1) is 11.1. The molecule has 1 heterocycles. The SMILES string of the molecule is C[n+]1[nH]oc(=O)c1C(=O)Nc1ccc(Oc2ccccc2)cc1. The maximum absolute atomic E-state index is 12.0. The summed E-state index contributed by atoms with van der Waals surface area (Å²) in [5.41, 5.74) is -0.306. The van der Waals surface area contributed by atoms with E-state index in [1.807, 2.05) is 30.3 Å². The van der Waals surface area contributed by atoms with Gasteiger partial charge in [-0.2, -0.15) is 0 Å². The summed E-state index contributed by atoms with van der Waals surface area (Å²) in [6.45, 7) is 0. The third-order valence-electron chi connectivity index (χ3n) is 3.11. The zero-order valence-corrected chi connectivity index (χ0v) is 12.3. The number of benzene rings is 2. The number of aromatic nitrogens is 2. The van der Waals surface area contributed by atoms with Gasteiger partial charge < -0.3 is 10.1 Å². The number of hydrogen-bond acceptors (Lipinski definition) is 4. The van der Waals surface area contributed by atoms with E-state index in [9.17, 15) is 9.59 Å². The van der Waals surface area contributed by atoms with E-state index in [1.54, 1.807) is 24.3 Å². The van der Waals surface area contributed by atoms with Crippen molar-refractivity contribution in [2.24, 2.45) is 7.05 Å². The van der Waals surface area contributed by atoms with E-state index >= 15 is 0 Å². The van der Waals surface area contributed by atoms with Crippen molar-refractivity contribution in [3.63, 3.8) is 0 Å². The van der Waals surface area contributed by atoms with E-state index in [0.717, 1.165) is 5.75 Å². The van der Waals surface area contributed by atoms with Crippen LogP contribution in [0, 0.1) is 0 Å². The van der Waals surface area contributed by atoms with Gasteiger partial charge >= 0.3 is 17.2 Å². The summed E-state index contributed by atoms with van der Waals surface area (Å²) in [5.74, 6) is 0.807. The lowest BCUT2D eigenvalue weighted by atomic mass is 10.3. The molecule has 0 fully saturated rings. The molecule has 0 radical (unpaired) electrons. The summed E-state index contributed by atoms with van der Waals surface area (Å²) < 4.78 is 11.4. The Labute approximate surface area is 131 Å². The summed E-state index contributed by atoms with van der Waals surface area (Å²) in [6.07, 6.45) is 0. The zero-order valence-electron chi connectivity index (χ0n) is 12.3. The molecule has 2 N–H and O–H groups in total. The van der Waals surface area contributed by atoms with E-state index in [4.69, 9.17) is 4.74 Å². The number of carbonyl (C=O) groups is 1. The van der Waals surface area contributed by atoms with E-state index < -0.39 is 11.5 Å². The Balaban J connectivity index is 1.70. The number of hydrogen-bond donors (Lipinski definition) is 2. The topological polar surface area (TPSA) is 88.2 Å². The van der Waals surface area contributed by atoms with Gasteiger partial charge in [0.25, 0.3) is 0 Å². The molecule has 0 aliphatic rings. The molecule has 7 nitrogen and oxygen atoms in total. The second-order valence-corrected chi connectivity index (χ2v) is 4.78. The van der Waals surface area contributed by atoms with Gasteiger partial charge in [0, 0.05) is 5.69 Å². The molecule has 2 aromatic carbocycles. The zero-order chi connectivity index (χ0) is 16.2. The van der Waals surface area contributed by atoms with Crippen molar-refractivity contribution in [2.45, 2.75) is 0 Å². The second-order valence-electron chi connectivity index (χ2n) is 4.78. The number of ether oxygens (including phenoxy) is 1. The fourth-order valence-electron chi connectivity index (χ4n) is 2.01. The van der Waals surface area contributed by atoms with Crippen LogP contribution in [-0.4, -0.2) is 11.2 Å². The Hall–Kier alpha value is -3.35. The monoisotopic (exact) mass is 312 g/mol. The second kappa shape index (κ2) is 6.18. The Morgan fingerprint density at radius 2 is 1.74 bits per heavy atom. The number of aromatic amines is 1. The molecule has 0 atom stereocenters.